The fourth-order valence-electron chi connectivity index (χ4n) is 4.22. The van der Waals surface area contributed by atoms with Crippen LogP contribution in [0.1, 0.15) is 44.7 Å². The lowest BCUT2D eigenvalue weighted by molar-refractivity contribution is -0.133. The van der Waals surface area contributed by atoms with Crippen LogP contribution >= 0.6 is 11.6 Å². The maximum atomic E-state index is 14.7. The molecule has 1 saturated heterocycles. The molecule has 2 atom stereocenters. The van der Waals surface area contributed by atoms with E-state index in [1.165, 1.54) is 11.0 Å². The van der Waals surface area contributed by atoms with Crippen molar-refractivity contribution in [3.63, 3.8) is 0 Å². The standard InChI is InChI=1S/C18H21ClF2N2O2/c1-18(2)6-10(7-18)16(11-3-4-12(20)14(19)15(11)21)23-8-9(17(22)25)5-13(23)24/h3-4,9-10,16H,5-8H2,1-2H3,(H2,22,25)/t9?,16-/m1/s1. The normalized spacial score (nSPS) is 24.3. The Morgan fingerprint density at radius 2 is 2.00 bits per heavy atom. The van der Waals surface area contributed by atoms with E-state index >= 15 is 0 Å². The predicted octanol–water partition coefficient (Wildman–Crippen LogP) is 3.43. The third-order valence-electron chi connectivity index (χ3n) is 5.36. The topological polar surface area (TPSA) is 63.4 Å². The van der Waals surface area contributed by atoms with Gasteiger partial charge in [0.15, 0.2) is 0 Å². The first-order valence-corrected chi connectivity index (χ1v) is 8.70. The zero-order valence-electron chi connectivity index (χ0n) is 14.2. The number of nitrogens with two attached hydrogens (primary N) is 1. The summed E-state index contributed by atoms with van der Waals surface area (Å²) < 4.78 is 28.2. The van der Waals surface area contributed by atoms with E-state index in [0.29, 0.717) is 0 Å². The van der Waals surface area contributed by atoms with E-state index in [9.17, 15) is 18.4 Å². The second-order valence-corrected chi connectivity index (χ2v) is 8.27. The molecule has 2 fully saturated rings. The van der Waals surface area contributed by atoms with Crippen LogP contribution in [0.25, 0.3) is 0 Å². The van der Waals surface area contributed by atoms with E-state index in [4.69, 9.17) is 17.3 Å². The molecule has 2 amide bonds. The third-order valence-corrected chi connectivity index (χ3v) is 5.70. The van der Waals surface area contributed by atoms with Gasteiger partial charge in [0, 0.05) is 18.5 Å². The molecule has 1 heterocycles. The molecule has 25 heavy (non-hydrogen) atoms. The Balaban J connectivity index is 1.99. The maximum Gasteiger partial charge on any atom is 0.223 e. The van der Waals surface area contributed by atoms with Crippen LogP contribution in [-0.2, 0) is 9.59 Å². The van der Waals surface area contributed by atoms with Crippen LogP contribution in [0, 0.1) is 28.9 Å². The van der Waals surface area contributed by atoms with Gasteiger partial charge in [-0.05, 0) is 30.2 Å². The third kappa shape index (κ3) is 3.24. The van der Waals surface area contributed by atoms with Crippen molar-refractivity contribution in [3.8, 4) is 0 Å². The van der Waals surface area contributed by atoms with Gasteiger partial charge in [-0.3, -0.25) is 9.59 Å². The minimum Gasteiger partial charge on any atom is -0.369 e. The van der Waals surface area contributed by atoms with Gasteiger partial charge in [0.2, 0.25) is 11.8 Å². The molecular weight excluding hydrogens is 350 g/mol. The van der Waals surface area contributed by atoms with Gasteiger partial charge >= 0.3 is 0 Å². The van der Waals surface area contributed by atoms with E-state index in [-0.39, 0.29) is 35.8 Å². The zero-order chi connectivity index (χ0) is 18.5. The van der Waals surface area contributed by atoms with Crippen LogP contribution in [0.3, 0.4) is 0 Å². The maximum absolute atomic E-state index is 14.7. The largest absolute Gasteiger partial charge is 0.369 e. The fraction of sp³-hybridized carbons (Fsp3) is 0.556. The molecule has 3 rings (SSSR count). The highest BCUT2D eigenvalue weighted by atomic mass is 35.5. The summed E-state index contributed by atoms with van der Waals surface area (Å²) in [4.78, 5) is 25.4. The number of hydrogen-bond donors (Lipinski definition) is 1. The summed E-state index contributed by atoms with van der Waals surface area (Å²) in [6.45, 7) is 4.36. The quantitative estimate of drug-likeness (QED) is 0.825. The zero-order valence-corrected chi connectivity index (χ0v) is 14.9. The lowest BCUT2D eigenvalue weighted by atomic mass is 9.61. The van der Waals surface area contributed by atoms with Gasteiger partial charge in [0.1, 0.15) is 16.7 Å². The van der Waals surface area contributed by atoms with Crippen molar-refractivity contribution in [3.05, 3.63) is 34.4 Å². The molecule has 1 aromatic rings. The number of carbonyl (C=O) groups excluding carboxylic acids is 2. The predicted molar refractivity (Wildman–Crippen MR) is 89.6 cm³/mol. The molecule has 2 N–H and O–H groups in total. The minimum absolute atomic E-state index is 0.0263. The van der Waals surface area contributed by atoms with Crippen molar-refractivity contribution in [2.75, 3.05) is 6.54 Å². The molecule has 2 aliphatic rings. The van der Waals surface area contributed by atoms with Gasteiger partial charge < -0.3 is 10.6 Å². The van der Waals surface area contributed by atoms with E-state index < -0.39 is 34.5 Å². The molecule has 1 aliphatic heterocycles. The summed E-state index contributed by atoms with van der Waals surface area (Å²) in [5, 5.41) is -0.570. The fourth-order valence-corrected chi connectivity index (χ4v) is 4.39. The molecule has 1 aromatic carbocycles. The van der Waals surface area contributed by atoms with Crippen LogP contribution in [-0.4, -0.2) is 23.3 Å². The Bertz CT molecular complexity index is 730. The molecule has 1 aliphatic carbocycles. The molecular formula is C18H21ClF2N2O2. The summed E-state index contributed by atoms with van der Waals surface area (Å²) in [6, 6.07) is 1.89. The Labute approximate surface area is 150 Å². The van der Waals surface area contributed by atoms with Gasteiger partial charge in [0.05, 0.1) is 12.0 Å². The summed E-state index contributed by atoms with van der Waals surface area (Å²) in [6.07, 6.45) is 1.63. The number of primary amides is 1. The Morgan fingerprint density at radius 3 is 2.52 bits per heavy atom. The molecule has 7 heteroatoms. The number of likely N-dealkylation sites (tertiary alicyclic amines) is 1. The lowest BCUT2D eigenvalue weighted by Gasteiger charge is -2.49. The monoisotopic (exact) mass is 370 g/mol. The number of nitrogens with zero attached hydrogens (tertiary/aromatic N) is 1. The number of halogens is 3. The first-order chi connectivity index (χ1) is 11.6. The Hall–Kier alpha value is -1.69. The van der Waals surface area contributed by atoms with Gasteiger partial charge in [0.25, 0.3) is 0 Å². The Kier molecular flexibility index (Phi) is 4.52. The van der Waals surface area contributed by atoms with Crippen molar-refractivity contribution in [2.24, 2.45) is 23.0 Å². The summed E-state index contributed by atoms with van der Waals surface area (Å²) >= 11 is 5.74. The van der Waals surface area contributed by atoms with Crippen LogP contribution in [0.4, 0.5) is 8.78 Å². The van der Waals surface area contributed by atoms with E-state index in [0.717, 1.165) is 18.9 Å². The van der Waals surface area contributed by atoms with Gasteiger partial charge in [-0.2, -0.15) is 0 Å². The smallest absolute Gasteiger partial charge is 0.223 e. The number of rotatable bonds is 4. The molecule has 0 aromatic heterocycles. The van der Waals surface area contributed by atoms with Crippen LogP contribution in [0.2, 0.25) is 5.02 Å². The average molecular weight is 371 g/mol. The van der Waals surface area contributed by atoms with Crippen molar-refractivity contribution in [2.45, 2.75) is 39.2 Å². The number of hydrogen-bond acceptors (Lipinski definition) is 2. The van der Waals surface area contributed by atoms with Crippen molar-refractivity contribution < 1.29 is 18.4 Å². The van der Waals surface area contributed by atoms with Gasteiger partial charge in [-0.1, -0.05) is 31.5 Å². The second-order valence-electron chi connectivity index (χ2n) is 7.89. The van der Waals surface area contributed by atoms with E-state index in [1.54, 1.807) is 0 Å². The summed E-state index contributed by atoms with van der Waals surface area (Å²) in [7, 11) is 0. The molecule has 1 unspecified atom stereocenters. The Morgan fingerprint density at radius 1 is 1.36 bits per heavy atom. The lowest BCUT2D eigenvalue weighted by Crippen LogP contribution is -2.44. The van der Waals surface area contributed by atoms with Crippen molar-refractivity contribution in [1.82, 2.24) is 4.90 Å². The molecule has 0 spiro atoms. The van der Waals surface area contributed by atoms with Crippen LogP contribution < -0.4 is 5.73 Å². The highest BCUT2D eigenvalue weighted by Crippen LogP contribution is 2.53. The van der Waals surface area contributed by atoms with Crippen LogP contribution in [0.15, 0.2) is 12.1 Å². The number of benzene rings is 1. The first kappa shape index (κ1) is 18.1. The van der Waals surface area contributed by atoms with Crippen molar-refractivity contribution >= 4 is 23.4 Å². The minimum atomic E-state index is -0.841. The molecule has 0 bridgehead atoms. The second kappa shape index (κ2) is 6.24. The average Bonchev–Trinajstić information content (AvgIpc) is 2.88. The van der Waals surface area contributed by atoms with Gasteiger partial charge in [-0.15, -0.1) is 0 Å². The van der Waals surface area contributed by atoms with E-state index in [1.807, 2.05) is 0 Å². The molecule has 1 saturated carbocycles. The molecule has 136 valence electrons. The van der Waals surface area contributed by atoms with Crippen molar-refractivity contribution in [1.29, 1.82) is 0 Å². The van der Waals surface area contributed by atoms with Crippen LogP contribution in [0.5, 0.6) is 0 Å². The molecule has 0 radical (unpaired) electrons. The first-order valence-electron chi connectivity index (χ1n) is 8.33. The summed E-state index contributed by atoms with van der Waals surface area (Å²) in [5.74, 6) is -3.01. The molecule has 4 nitrogen and oxygen atoms in total. The number of carbonyl (C=O) groups is 2. The SMILES string of the molecule is CC1(C)CC([C@H](c2ccc(F)c(Cl)c2F)N2CC(C(N)=O)CC2=O)C1. The van der Waals surface area contributed by atoms with E-state index in [2.05, 4.69) is 13.8 Å². The summed E-state index contributed by atoms with van der Waals surface area (Å²) in [5.41, 5.74) is 5.64. The van der Waals surface area contributed by atoms with Gasteiger partial charge in [-0.25, -0.2) is 8.78 Å². The highest BCUT2D eigenvalue weighted by Gasteiger charge is 2.48. The number of amides is 2. The highest BCUT2D eigenvalue weighted by molar-refractivity contribution is 6.31.